The molecule has 0 radical (unpaired) electrons. The lowest BCUT2D eigenvalue weighted by atomic mass is 10.1. The summed E-state index contributed by atoms with van der Waals surface area (Å²) < 4.78 is 5.92. The number of benzene rings is 2. The third-order valence-corrected chi connectivity index (χ3v) is 7.82. The van der Waals surface area contributed by atoms with Crippen molar-refractivity contribution >= 4 is 52.4 Å². The number of hydrogen-bond acceptors (Lipinski definition) is 8. The van der Waals surface area contributed by atoms with Crippen LogP contribution in [0.25, 0.3) is 0 Å². The Labute approximate surface area is 230 Å². The van der Waals surface area contributed by atoms with E-state index >= 15 is 0 Å². The molecule has 9 nitrogen and oxygen atoms in total. The van der Waals surface area contributed by atoms with Gasteiger partial charge in [0.1, 0.15) is 17.7 Å². The summed E-state index contributed by atoms with van der Waals surface area (Å²) >= 11 is 7.61. The number of hydrogen-bond donors (Lipinski definition) is 2. The van der Waals surface area contributed by atoms with Gasteiger partial charge in [0, 0.05) is 29.7 Å². The fourth-order valence-electron chi connectivity index (χ4n) is 4.54. The van der Waals surface area contributed by atoms with Gasteiger partial charge in [0.25, 0.3) is 5.91 Å². The minimum Gasteiger partial charge on any atom is -0.372 e. The van der Waals surface area contributed by atoms with Crippen LogP contribution in [0.15, 0.2) is 69.6 Å². The molecule has 2 aromatic carbocycles. The second-order valence-electron chi connectivity index (χ2n) is 9.84. The Morgan fingerprint density at radius 3 is 2.61 bits per heavy atom. The van der Waals surface area contributed by atoms with Crippen LogP contribution in [-0.4, -0.2) is 64.1 Å². The quantitative estimate of drug-likeness (QED) is 0.306. The van der Waals surface area contributed by atoms with Crippen molar-refractivity contribution in [2.45, 2.75) is 55.1 Å². The third kappa shape index (κ3) is 5.22. The molecule has 6 rings (SSSR count). The Balaban J connectivity index is 1.17. The molecule has 1 amide bonds. The molecular formula is C27H28ClN7O2S. The van der Waals surface area contributed by atoms with Gasteiger partial charge in [-0.05, 0) is 68.9 Å². The van der Waals surface area contributed by atoms with Crippen LogP contribution in [0, 0.1) is 0 Å². The van der Waals surface area contributed by atoms with Gasteiger partial charge in [0.15, 0.2) is 11.0 Å². The second kappa shape index (κ2) is 10.2. The number of halogens is 1. The van der Waals surface area contributed by atoms with Crippen LogP contribution in [0.4, 0.5) is 17.3 Å². The van der Waals surface area contributed by atoms with E-state index in [0.717, 1.165) is 29.6 Å². The predicted molar refractivity (Wildman–Crippen MR) is 150 cm³/mol. The molecule has 3 saturated heterocycles. The number of amides is 1. The van der Waals surface area contributed by atoms with Gasteiger partial charge in [-0.15, -0.1) is 0 Å². The fraction of sp³-hybridized carbons (Fsp3) is 0.333. The number of aliphatic imine (C=N–C) groups is 1. The van der Waals surface area contributed by atoms with E-state index in [1.54, 1.807) is 24.3 Å². The molecule has 3 unspecified atom stereocenters. The highest BCUT2D eigenvalue weighted by Gasteiger charge is 2.57. The zero-order valence-corrected chi connectivity index (χ0v) is 22.8. The molecule has 3 aromatic rings. The van der Waals surface area contributed by atoms with Crippen molar-refractivity contribution < 1.29 is 9.53 Å². The van der Waals surface area contributed by atoms with Crippen molar-refractivity contribution in [2.75, 3.05) is 23.3 Å². The Kier molecular flexibility index (Phi) is 6.73. The van der Waals surface area contributed by atoms with Crippen molar-refractivity contribution in [1.82, 2.24) is 20.4 Å². The minimum atomic E-state index is -0.252. The molecule has 196 valence electrons. The zero-order chi connectivity index (χ0) is 26.4. The maximum Gasteiger partial charge on any atom is 0.257 e. The minimum absolute atomic E-state index is 0.200. The molecule has 3 aliphatic rings. The van der Waals surface area contributed by atoms with Gasteiger partial charge < -0.3 is 20.4 Å². The van der Waals surface area contributed by atoms with Crippen LogP contribution >= 0.6 is 23.4 Å². The number of nitrogens with one attached hydrogen (secondary N) is 2. The van der Waals surface area contributed by atoms with Crippen molar-refractivity contribution in [2.24, 2.45) is 4.99 Å². The number of amidine groups is 1. The summed E-state index contributed by atoms with van der Waals surface area (Å²) in [6, 6.07) is 17.3. The smallest absolute Gasteiger partial charge is 0.257 e. The Morgan fingerprint density at radius 1 is 1.18 bits per heavy atom. The van der Waals surface area contributed by atoms with E-state index in [9.17, 15) is 4.79 Å². The summed E-state index contributed by atoms with van der Waals surface area (Å²) in [6.07, 6.45) is 0.407. The Hall–Kier alpha value is -3.18. The molecule has 0 saturated carbocycles. The van der Waals surface area contributed by atoms with Crippen molar-refractivity contribution in [1.29, 1.82) is 0 Å². The molecule has 0 spiro atoms. The SMILES string of the molecule is CC(C)OC1CN(c2cc(N=C3NN4C(C)C34)nc(Sc3ccc(NC(=O)c4ccccc4Cl)cc3)n2)C1. The van der Waals surface area contributed by atoms with Gasteiger partial charge in [-0.3, -0.25) is 4.79 Å². The van der Waals surface area contributed by atoms with E-state index in [2.05, 4.69) is 41.4 Å². The van der Waals surface area contributed by atoms with Crippen LogP contribution in [-0.2, 0) is 4.74 Å². The molecule has 3 aliphatic heterocycles. The van der Waals surface area contributed by atoms with Crippen molar-refractivity contribution in [3.63, 3.8) is 0 Å². The summed E-state index contributed by atoms with van der Waals surface area (Å²) in [6.45, 7) is 7.86. The first-order chi connectivity index (χ1) is 18.3. The number of carbonyl (C=O) groups excluding carboxylic acids is 1. The first-order valence-corrected chi connectivity index (χ1v) is 13.8. The highest BCUT2D eigenvalue weighted by molar-refractivity contribution is 7.99. The van der Waals surface area contributed by atoms with Gasteiger partial charge in [0.05, 0.1) is 28.8 Å². The number of carbonyl (C=O) groups is 1. The second-order valence-corrected chi connectivity index (χ2v) is 11.3. The van der Waals surface area contributed by atoms with E-state index in [0.29, 0.717) is 39.3 Å². The molecule has 1 aromatic heterocycles. The lowest BCUT2D eigenvalue weighted by Gasteiger charge is -2.40. The molecular weight excluding hydrogens is 522 g/mol. The Bertz CT molecular complexity index is 1390. The number of ether oxygens (including phenoxy) is 1. The van der Waals surface area contributed by atoms with Gasteiger partial charge >= 0.3 is 0 Å². The van der Waals surface area contributed by atoms with Crippen LogP contribution in [0.5, 0.6) is 0 Å². The summed E-state index contributed by atoms with van der Waals surface area (Å²) in [5.41, 5.74) is 4.38. The Morgan fingerprint density at radius 2 is 1.95 bits per heavy atom. The van der Waals surface area contributed by atoms with Crippen LogP contribution in [0.1, 0.15) is 31.1 Å². The summed E-state index contributed by atoms with van der Waals surface area (Å²) in [5.74, 6) is 2.17. The number of fused-ring (bicyclic) bond motifs is 1. The number of anilines is 2. The maximum absolute atomic E-state index is 12.6. The molecule has 2 N–H and O–H groups in total. The monoisotopic (exact) mass is 549 g/mol. The average molecular weight is 550 g/mol. The van der Waals surface area contributed by atoms with Crippen LogP contribution < -0.4 is 15.6 Å². The van der Waals surface area contributed by atoms with Crippen LogP contribution in [0.2, 0.25) is 5.02 Å². The predicted octanol–water partition coefficient (Wildman–Crippen LogP) is 4.77. The first-order valence-electron chi connectivity index (χ1n) is 12.6. The normalized spacial score (nSPS) is 22.9. The zero-order valence-electron chi connectivity index (χ0n) is 21.3. The molecule has 4 heterocycles. The molecule has 0 aliphatic carbocycles. The first kappa shape index (κ1) is 25.1. The maximum atomic E-state index is 12.6. The lowest BCUT2D eigenvalue weighted by Crippen LogP contribution is -2.53. The number of nitrogens with zero attached hydrogens (tertiary/aromatic N) is 5. The molecule has 3 fully saturated rings. The van der Waals surface area contributed by atoms with Crippen LogP contribution in [0.3, 0.4) is 0 Å². The number of rotatable bonds is 8. The van der Waals surface area contributed by atoms with Gasteiger partial charge in [0.2, 0.25) is 0 Å². The fourth-order valence-corrected chi connectivity index (χ4v) is 5.53. The van der Waals surface area contributed by atoms with E-state index in [4.69, 9.17) is 31.3 Å². The number of hydrazine groups is 1. The lowest BCUT2D eigenvalue weighted by molar-refractivity contribution is -0.00749. The molecule has 38 heavy (non-hydrogen) atoms. The number of aromatic nitrogens is 2. The van der Waals surface area contributed by atoms with E-state index in [1.165, 1.54) is 11.8 Å². The van der Waals surface area contributed by atoms with Gasteiger partial charge in [-0.2, -0.15) is 0 Å². The van der Waals surface area contributed by atoms with Gasteiger partial charge in [-0.1, -0.05) is 23.7 Å². The van der Waals surface area contributed by atoms with Crippen molar-refractivity contribution in [3.8, 4) is 0 Å². The molecule has 3 atom stereocenters. The molecule has 11 heteroatoms. The summed E-state index contributed by atoms with van der Waals surface area (Å²) in [4.78, 5) is 30.0. The summed E-state index contributed by atoms with van der Waals surface area (Å²) in [7, 11) is 0. The summed E-state index contributed by atoms with van der Waals surface area (Å²) in [5, 5.41) is 6.08. The van der Waals surface area contributed by atoms with E-state index in [1.807, 2.05) is 30.3 Å². The standard InChI is InChI=1S/C27H28ClN7O2S/c1-15(2)37-18-13-34(14-18)23-12-22(30-25-24-16(3)35(24)33-25)31-27(32-23)38-19-10-8-17(9-11-19)29-26(36)20-6-4-5-7-21(20)28/h4-12,15-16,18,24H,13-14H2,1-3H3,(H,29,36)(H,30,31,32,33). The van der Waals surface area contributed by atoms with E-state index < -0.39 is 0 Å². The van der Waals surface area contributed by atoms with Crippen molar-refractivity contribution in [3.05, 3.63) is 65.2 Å². The highest BCUT2D eigenvalue weighted by atomic mass is 35.5. The average Bonchev–Trinajstić information content (AvgIpc) is 3.39. The topological polar surface area (TPSA) is 94.7 Å². The third-order valence-electron chi connectivity index (χ3n) is 6.62. The molecule has 0 bridgehead atoms. The van der Waals surface area contributed by atoms with E-state index in [-0.39, 0.29) is 18.1 Å². The van der Waals surface area contributed by atoms with Gasteiger partial charge in [-0.25, -0.2) is 20.0 Å². The highest BCUT2D eigenvalue weighted by Crippen LogP contribution is 2.36. The largest absolute Gasteiger partial charge is 0.372 e.